The third-order valence-electron chi connectivity index (χ3n) is 10.7. The fraction of sp³-hybridized carbons (Fsp3) is 0.341. The molecule has 0 spiro atoms. The number of carboxylic acids is 3. The molecule has 4 unspecified atom stereocenters. The van der Waals surface area contributed by atoms with Crippen molar-refractivity contribution in [3.63, 3.8) is 0 Å². The lowest BCUT2D eigenvalue weighted by Crippen LogP contribution is -2.43. The molecule has 2 heterocycles. The van der Waals surface area contributed by atoms with Crippen LogP contribution in [0.3, 0.4) is 0 Å². The molecule has 27 heteroatoms. The summed E-state index contributed by atoms with van der Waals surface area (Å²) in [5.74, 6) is -7.79. The number of methoxy groups -OCH3 is 2. The topological polar surface area (TPSA) is 263 Å². The molecule has 0 fully saturated rings. The van der Waals surface area contributed by atoms with Crippen LogP contribution in [0, 0.1) is 0 Å². The van der Waals surface area contributed by atoms with Crippen LogP contribution < -0.4 is 9.44 Å². The van der Waals surface area contributed by atoms with Crippen LogP contribution in [-0.4, -0.2) is 131 Å². The van der Waals surface area contributed by atoms with Crippen molar-refractivity contribution in [1.29, 1.82) is 0 Å². The maximum atomic E-state index is 13.1. The van der Waals surface area contributed by atoms with Gasteiger partial charge in [0.05, 0.1) is 36.9 Å². The van der Waals surface area contributed by atoms with Gasteiger partial charge >= 0.3 is 36.0 Å². The van der Waals surface area contributed by atoms with E-state index in [1.165, 1.54) is 24.3 Å². The van der Waals surface area contributed by atoms with E-state index in [9.17, 15) is 49.2 Å². The molecule has 0 amide bonds. The monoisotopic (exact) mass is 1110 g/mol. The summed E-state index contributed by atoms with van der Waals surface area (Å²) >= 11 is 25.2. The van der Waals surface area contributed by atoms with Gasteiger partial charge in [0.2, 0.25) is 20.0 Å². The van der Waals surface area contributed by atoms with E-state index in [0.29, 0.717) is 51.8 Å². The average molecular weight is 1120 g/mol. The van der Waals surface area contributed by atoms with Gasteiger partial charge in [-0.3, -0.25) is 19.2 Å². The summed E-state index contributed by atoms with van der Waals surface area (Å²) in [7, 11) is -2.31. The first-order chi connectivity index (χ1) is 33.0. The number of alkyl halides is 3. The summed E-state index contributed by atoms with van der Waals surface area (Å²) in [5, 5.41) is 27.2. The van der Waals surface area contributed by atoms with E-state index in [0.717, 1.165) is 42.0 Å². The number of esters is 2. The molecule has 4 atom stereocenters. The second-order valence-corrected chi connectivity index (χ2v) is 21.1. The maximum Gasteiger partial charge on any atom is 0.490 e. The number of benzene rings is 4. The largest absolute Gasteiger partial charge is 0.490 e. The van der Waals surface area contributed by atoms with Crippen molar-refractivity contribution in [2.75, 3.05) is 41.4 Å². The molecule has 0 aliphatic carbocycles. The Morgan fingerprint density at radius 3 is 1.44 bits per heavy atom. The van der Waals surface area contributed by atoms with Gasteiger partial charge < -0.3 is 34.6 Å². The highest BCUT2D eigenvalue weighted by atomic mass is 35.5. The minimum Gasteiger partial charge on any atom is -0.481 e. The number of likely N-dealkylation sites (N-methyl/N-ethyl adjacent to an activating group) is 2. The van der Waals surface area contributed by atoms with E-state index < -0.39 is 81.0 Å². The van der Waals surface area contributed by atoms with Crippen LogP contribution >= 0.6 is 46.4 Å². The average Bonchev–Trinajstić information content (AvgIpc) is 3.28. The van der Waals surface area contributed by atoms with Crippen LogP contribution in [0.5, 0.6) is 0 Å². The van der Waals surface area contributed by atoms with Gasteiger partial charge in [0.25, 0.3) is 0 Å². The number of carboxylic acid groups (broad SMARTS) is 3. The number of ether oxygens (including phenoxy) is 2. The van der Waals surface area contributed by atoms with Gasteiger partial charge in [-0.1, -0.05) is 70.7 Å². The Kier molecular flexibility index (Phi) is 20.2. The summed E-state index contributed by atoms with van der Waals surface area (Å²) in [6, 6.07) is 16.3. The number of nitrogens with one attached hydrogen (secondary N) is 2. The minimum absolute atomic E-state index is 0.0540. The Labute approximate surface area is 425 Å². The molecular formula is C44H45Cl4F3N4O14S2. The van der Waals surface area contributed by atoms with Crippen molar-refractivity contribution in [3.8, 4) is 0 Å². The molecule has 2 aliphatic rings. The van der Waals surface area contributed by atoms with Crippen LogP contribution in [0.25, 0.3) is 0 Å². The van der Waals surface area contributed by atoms with E-state index in [1.54, 1.807) is 30.3 Å². The van der Waals surface area contributed by atoms with E-state index in [4.69, 9.17) is 66.5 Å². The molecule has 2 aliphatic heterocycles. The lowest BCUT2D eigenvalue weighted by Gasteiger charge is -2.33. The summed E-state index contributed by atoms with van der Waals surface area (Å²) in [6.07, 6.45) is -6.47. The van der Waals surface area contributed by atoms with Crippen molar-refractivity contribution >= 4 is 96.3 Å². The number of carbonyl (C=O) groups is 5. The molecule has 71 heavy (non-hydrogen) atoms. The van der Waals surface area contributed by atoms with Crippen LogP contribution in [0.4, 0.5) is 13.2 Å². The standard InChI is InChI=1S/C22H24Cl2N2O6S.C20H20Cl2N2O6S.C2HF3O2/c1-26-11-17(16-8-14(23)9-19(24)18(16)12-26)13-5-4-6-15(7-13)33(29,30)25-20(22(28)32-3)10-21(27)31-2;1-24-9-15(14-6-12(21)7-17(22)16(14)10-24)11-3-2-4-13(5-11)31(29,30)23-18(20(27)28)8-19(25)26;3-2(4,5)1(6)7/h4-9,17,20,25H,10-12H2,1-3H3;2-7,15,18,23H,8-10H2,1H3,(H,25,26)(H,27,28);(H,6,7). The highest BCUT2D eigenvalue weighted by Gasteiger charge is 2.38. The fourth-order valence-corrected chi connectivity index (χ4v) is 11.1. The third kappa shape index (κ3) is 16.0. The van der Waals surface area contributed by atoms with Crippen molar-refractivity contribution < 1.29 is 78.8 Å². The lowest BCUT2D eigenvalue weighted by atomic mass is 9.85. The number of fused-ring (bicyclic) bond motifs is 2. The summed E-state index contributed by atoms with van der Waals surface area (Å²) < 4.78 is 96.8. The molecule has 386 valence electrons. The van der Waals surface area contributed by atoms with Crippen LogP contribution in [0.15, 0.2) is 82.6 Å². The van der Waals surface area contributed by atoms with Gasteiger partial charge in [-0.15, -0.1) is 0 Å². The number of rotatable bonds is 14. The smallest absolute Gasteiger partial charge is 0.481 e. The van der Waals surface area contributed by atoms with Gasteiger partial charge in [-0.05, 0) is 96.0 Å². The Balaban J connectivity index is 0.000000272. The highest BCUT2D eigenvalue weighted by Crippen LogP contribution is 2.40. The first-order valence-corrected chi connectivity index (χ1v) is 24.9. The normalized spacial score (nSPS) is 16.8. The zero-order chi connectivity index (χ0) is 53.3. The Bertz CT molecular complexity index is 2900. The molecule has 0 aromatic heterocycles. The van der Waals surface area contributed by atoms with E-state index >= 15 is 0 Å². The van der Waals surface area contributed by atoms with Gasteiger partial charge in [-0.2, -0.15) is 22.6 Å². The highest BCUT2D eigenvalue weighted by molar-refractivity contribution is 7.89. The third-order valence-corrected chi connectivity index (χ3v) is 14.8. The summed E-state index contributed by atoms with van der Waals surface area (Å²) in [4.78, 5) is 58.7. The predicted molar refractivity (Wildman–Crippen MR) is 253 cm³/mol. The Morgan fingerprint density at radius 1 is 0.676 bits per heavy atom. The summed E-state index contributed by atoms with van der Waals surface area (Å²) in [5.41, 5.74) is 5.10. The first kappa shape index (κ1) is 58.5. The second-order valence-electron chi connectivity index (χ2n) is 15.9. The molecule has 4 aromatic rings. The second kappa shape index (κ2) is 24.6. The van der Waals surface area contributed by atoms with Crippen molar-refractivity contribution in [1.82, 2.24) is 19.2 Å². The SMILES string of the molecule is CN1Cc2c(Cl)cc(Cl)cc2C(c2cccc(S(=O)(=O)NC(CC(=O)O)C(=O)O)c2)C1.COC(=O)CC(NS(=O)(=O)c1cccc(C2CN(C)Cc3c(Cl)cc(Cl)cc32)c1)C(=O)OC.O=C(O)C(F)(F)F. The molecule has 5 N–H and O–H groups in total. The van der Waals surface area contributed by atoms with Crippen molar-refractivity contribution in [3.05, 3.63) is 126 Å². The zero-order valence-corrected chi connectivity index (χ0v) is 42.3. The van der Waals surface area contributed by atoms with Crippen LogP contribution in [-0.2, 0) is 66.6 Å². The lowest BCUT2D eigenvalue weighted by molar-refractivity contribution is -0.192. The molecule has 4 aromatic carbocycles. The molecule has 0 bridgehead atoms. The summed E-state index contributed by atoms with van der Waals surface area (Å²) in [6.45, 7) is 2.50. The molecular weight excluding hydrogens is 1070 g/mol. The number of halogens is 7. The number of hydrogen-bond donors (Lipinski definition) is 5. The predicted octanol–water partition coefficient (Wildman–Crippen LogP) is 6.36. The molecule has 18 nitrogen and oxygen atoms in total. The quantitative estimate of drug-likeness (QED) is 0.0860. The molecule has 6 rings (SSSR count). The van der Waals surface area contributed by atoms with E-state index in [1.807, 2.05) is 37.0 Å². The van der Waals surface area contributed by atoms with Gasteiger partial charge in [-0.25, -0.2) is 21.6 Å². The van der Waals surface area contributed by atoms with E-state index in [-0.39, 0.29) is 21.6 Å². The minimum atomic E-state index is -5.08. The maximum absolute atomic E-state index is 13.1. The number of hydrogen-bond acceptors (Lipinski definition) is 13. The van der Waals surface area contributed by atoms with Gasteiger partial charge in [0.1, 0.15) is 12.1 Å². The number of nitrogens with zero attached hydrogens (tertiary/aromatic N) is 2. The fourth-order valence-electron chi connectivity index (χ4n) is 7.49. The number of carbonyl (C=O) groups excluding carboxylic acids is 2. The molecule has 0 saturated carbocycles. The Hall–Kier alpha value is -5.08. The number of sulfonamides is 2. The number of aliphatic carboxylic acids is 3. The van der Waals surface area contributed by atoms with Gasteiger partial charge in [0, 0.05) is 58.1 Å². The Morgan fingerprint density at radius 2 is 1.08 bits per heavy atom. The molecule has 0 radical (unpaired) electrons. The van der Waals surface area contributed by atoms with E-state index in [2.05, 4.69) is 24.0 Å². The van der Waals surface area contributed by atoms with Crippen molar-refractivity contribution in [2.45, 2.75) is 65.8 Å². The van der Waals surface area contributed by atoms with Gasteiger partial charge in [0.15, 0.2) is 0 Å². The molecule has 0 saturated heterocycles. The van der Waals surface area contributed by atoms with Crippen LogP contribution in [0.1, 0.15) is 58.1 Å². The zero-order valence-electron chi connectivity index (χ0n) is 37.7. The van der Waals surface area contributed by atoms with Crippen molar-refractivity contribution in [2.24, 2.45) is 0 Å². The van der Waals surface area contributed by atoms with Crippen LogP contribution in [0.2, 0.25) is 20.1 Å². The first-order valence-electron chi connectivity index (χ1n) is 20.4.